The van der Waals surface area contributed by atoms with Gasteiger partial charge in [-0.05, 0) is 64.2 Å². The van der Waals surface area contributed by atoms with E-state index in [0.29, 0.717) is 0 Å². The summed E-state index contributed by atoms with van der Waals surface area (Å²) < 4.78 is 10.9. The van der Waals surface area contributed by atoms with Crippen molar-refractivity contribution in [2.24, 2.45) is 0 Å². The van der Waals surface area contributed by atoms with Crippen LogP contribution in [0, 0.1) is 0 Å². The number of ether oxygens (including phenoxy) is 2. The molecule has 2 fully saturated rings. The minimum atomic E-state index is -0.521. The second kappa shape index (κ2) is 7.61. The minimum absolute atomic E-state index is 0.0442. The maximum Gasteiger partial charge on any atom is 0.508 e. The zero-order valence-corrected chi connectivity index (χ0v) is 15.2. The Kier molecular flexibility index (Phi) is 6.30. The SMILES string of the molecule is CCC1(Cl)CCC(OC(=O)OC2CCC(Cl)(CC)CC2)CC1. The van der Waals surface area contributed by atoms with Gasteiger partial charge in [0.15, 0.2) is 0 Å². The second-order valence-electron chi connectivity index (χ2n) is 6.89. The maximum atomic E-state index is 11.9. The number of rotatable bonds is 4. The van der Waals surface area contributed by atoms with Gasteiger partial charge in [0.2, 0.25) is 0 Å². The summed E-state index contributed by atoms with van der Waals surface area (Å²) in [6, 6.07) is 0. The molecule has 0 aliphatic heterocycles. The minimum Gasteiger partial charge on any atom is -0.431 e. The molecule has 0 unspecified atom stereocenters. The van der Waals surface area contributed by atoms with Crippen LogP contribution < -0.4 is 0 Å². The number of hydrogen-bond acceptors (Lipinski definition) is 3. The van der Waals surface area contributed by atoms with Crippen LogP contribution in [0.2, 0.25) is 0 Å². The normalized spacial score (nSPS) is 39.3. The quantitative estimate of drug-likeness (QED) is 0.474. The van der Waals surface area contributed by atoms with Crippen LogP contribution in [0.15, 0.2) is 0 Å². The van der Waals surface area contributed by atoms with Gasteiger partial charge in [0, 0.05) is 9.75 Å². The highest BCUT2D eigenvalue weighted by atomic mass is 35.5. The van der Waals surface area contributed by atoms with Crippen LogP contribution in [0.4, 0.5) is 4.79 Å². The van der Waals surface area contributed by atoms with E-state index in [9.17, 15) is 4.79 Å². The van der Waals surface area contributed by atoms with E-state index in [1.165, 1.54) is 0 Å². The lowest BCUT2D eigenvalue weighted by Gasteiger charge is -2.35. The van der Waals surface area contributed by atoms with E-state index in [1.807, 2.05) is 0 Å². The van der Waals surface area contributed by atoms with Crippen LogP contribution in [0.3, 0.4) is 0 Å². The number of alkyl halides is 2. The fraction of sp³-hybridized carbons (Fsp3) is 0.941. The predicted molar refractivity (Wildman–Crippen MR) is 89.8 cm³/mol. The van der Waals surface area contributed by atoms with Crippen LogP contribution in [-0.4, -0.2) is 28.1 Å². The zero-order valence-electron chi connectivity index (χ0n) is 13.7. The monoisotopic (exact) mass is 350 g/mol. The molecule has 0 saturated heterocycles. The van der Waals surface area contributed by atoms with Gasteiger partial charge < -0.3 is 9.47 Å². The van der Waals surface area contributed by atoms with Crippen molar-refractivity contribution in [3.8, 4) is 0 Å². The van der Waals surface area contributed by atoms with Crippen molar-refractivity contribution in [3.05, 3.63) is 0 Å². The molecule has 3 nitrogen and oxygen atoms in total. The summed E-state index contributed by atoms with van der Waals surface area (Å²) >= 11 is 12.9. The largest absolute Gasteiger partial charge is 0.508 e. The first-order valence-electron chi connectivity index (χ1n) is 8.63. The molecule has 0 spiro atoms. The number of hydrogen-bond donors (Lipinski definition) is 0. The summed E-state index contributed by atoms with van der Waals surface area (Å²) in [5.74, 6) is 0. The molecule has 2 aliphatic carbocycles. The average molecular weight is 351 g/mol. The fourth-order valence-electron chi connectivity index (χ4n) is 3.46. The molecule has 0 atom stereocenters. The Balaban J connectivity index is 1.69. The Morgan fingerprint density at radius 2 is 1.18 bits per heavy atom. The molecular weight excluding hydrogens is 323 g/mol. The molecule has 5 heteroatoms. The summed E-state index contributed by atoms with van der Waals surface area (Å²) in [6.45, 7) is 4.22. The lowest BCUT2D eigenvalue weighted by molar-refractivity contribution is -0.0238. The molecule has 22 heavy (non-hydrogen) atoms. The maximum absolute atomic E-state index is 11.9. The molecule has 0 aromatic heterocycles. The Morgan fingerprint density at radius 1 is 0.864 bits per heavy atom. The first-order valence-corrected chi connectivity index (χ1v) is 9.39. The molecule has 0 aromatic carbocycles. The highest BCUT2D eigenvalue weighted by Gasteiger charge is 2.35. The van der Waals surface area contributed by atoms with E-state index < -0.39 is 6.16 Å². The third kappa shape index (κ3) is 4.92. The summed E-state index contributed by atoms with van der Waals surface area (Å²) in [5, 5.41) is 0. The number of carbonyl (C=O) groups excluding carboxylic acids is 1. The van der Waals surface area contributed by atoms with Gasteiger partial charge in [0.1, 0.15) is 12.2 Å². The molecular formula is C17H28Cl2O3. The fourth-order valence-corrected chi connectivity index (χ4v) is 3.90. The average Bonchev–Trinajstić information content (AvgIpc) is 2.52. The topological polar surface area (TPSA) is 35.5 Å². The highest BCUT2D eigenvalue weighted by Crippen LogP contribution is 2.39. The predicted octanol–water partition coefficient (Wildman–Crippen LogP) is 5.80. The molecule has 128 valence electrons. The second-order valence-corrected chi connectivity index (χ2v) is 8.50. The third-order valence-electron chi connectivity index (χ3n) is 5.45. The highest BCUT2D eigenvalue weighted by molar-refractivity contribution is 6.24. The van der Waals surface area contributed by atoms with Crippen molar-refractivity contribution in [2.45, 2.75) is 100 Å². The van der Waals surface area contributed by atoms with Crippen LogP contribution in [-0.2, 0) is 9.47 Å². The molecule has 2 saturated carbocycles. The summed E-state index contributed by atoms with van der Waals surface area (Å²) in [5.41, 5.74) is 0. The van der Waals surface area contributed by atoms with E-state index >= 15 is 0 Å². The Hall–Kier alpha value is -0.150. The van der Waals surface area contributed by atoms with Crippen LogP contribution in [0.1, 0.15) is 78.1 Å². The van der Waals surface area contributed by atoms with Gasteiger partial charge in [-0.2, -0.15) is 0 Å². The van der Waals surface area contributed by atoms with Gasteiger partial charge in [-0.15, -0.1) is 23.2 Å². The van der Waals surface area contributed by atoms with Crippen LogP contribution >= 0.6 is 23.2 Å². The standard InChI is InChI=1S/C17H28Cl2O3/c1-3-16(18)9-5-13(6-10-16)21-15(20)22-14-7-11-17(19,4-2)12-8-14/h13-14H,3-12H2,1-2H3. The van der Waals surface area contributed by atoms with E-state index in [4.69, 9.17) is 32.7 Å². The number of carbonyl (C=O) groups is 1. The van der Waals surface area contributed by atoms with Crippen molar-refractivity contribution >= 4 is 29.4 Å². The molecule has 0 bridgehead atoms. The van der Waals surface area contributed by atoms with Crippen LogP contribution in [0.25, 0.3) is 0 Å². The molecule has 0 heterocycles. The van der Waals surface area contributed by atoms with Crippen LogP contribution in [0.5, 0.6) is 0 Å². The Bertz CT molecular complexity index is 336. The van der Waals surface area contributed by atoms with Gasteiger partial charge in [0.25, 0.3) is 0 Å². The third-order valence-corrected chi connectivity index (χ3v) is 6.74. The molecule has 2 rings (SSSR count). The van der Waals surface area contributed by atoms with E-state index in [0.717, 1.165) is 64.2 Å². The molecule has 2 aliphatic rings. The molecule has 0 radical (unpaired) electrons. The summed E-state index contributed by atoms with van der Waals surface area (Å²) in [7, 11) is 0. The molecule has 0 N–H and O–H groups in total. The van der Waals surface area contributed by atoms with E-state index in [-0.39, 0.29) is 22.0 Å². The van der Waals surface area contributed by atoms with Crippen molar-refractivity contribution in [3.63, 3.8) is 0 Å². The lowest BCUT2D eigenvalue weighted by atomic mass is 9.85. The first kappa shape index (κ1) is 18.2. The molecule has 0 amide bonds. The summed E-state index contributed by atoms with van der Waals surface area (Å²) in [4.78, 5) is 11.7. The molecule has 0 aromatic rings. The van der Waals surface area contributed by atoms with Gasteiger partial charge in [-0.1, -0.05) is 13.8 Å². The Morgan fingerprint density at radius 3 is 1.45 bits per heavy atom. The smallest absolute Gasteiger partial charge is 0.431 e. The van der Waals surface area contributed by atoms with Crippen molar-refractivity contribution in [1.82, 2.24) is 0 Å². The first-order chi connectivity index (χ1) is 10.4. The Labute approximate surface area is 144 Å². The van der Waals surface area contributed by atoms with Crippen molar-refractivity contribution in [2.75, 3.05) is 0 Å². The van der Waals surface area contributed by atoms with Crippen molar-refractivity contribution < 1.29 is 14.3 Å². The van der Waals surface area contributed by atoms with Gasteiger partial charge in [-0.25, -0.2) is 4.79 Å². The number of halogens is 2. The summed E-state index contributed by atoms with van der Waals surface area (Å²) in [6.07, 6.45) is 8.24. The van der Waals surface area contributed by atoms with Gasteiger partial charge in [-0.3, -0.25) is 0 Å². The lowest BCUT2D eigenvalue weighted by Crippen LogP contribution is -2.35. The van der Waals surface area contributed by atoms with Crippen molar-refractivity contribution in [1.29, 1.82) is 0 Å². The zero-order chi connectivity index (χ0) is 16.2. The van der Waals surface area contributed by atoms with E-state index in [1.54, 1.807) is 0 Å². The van der Waals surface area contributed by atoms with Gasteiger partial charge >= 0.3 is 6.16 Å². The van der Waals surface area contributed by atoms with Gasteiger partial charge in [0.05, 0.1) is 0 Å². The van der Waals surface area contributed by atoms with E-state index in [2.05, 4.69) is 13.8 Å².